The summed E-state index contributed by atoms with van der Waals surface area (Å²) in [5.74, 6) is 0.781. The Morgan fingerprint density at radius 2 is 1.69 bits per heavy atom. The van der Waals surface area contributed by atoms with Crippen molar-refractivity contribution in [2.24, 2.45) is 5.92 Å². The van der Waals surface area contributed by atoms with Gasteiger partial charge in [0.1, 0.15) is 0 Å². The van der Waals surface area contributed by atoms with Gasteiger partial charge in [-0.05, 0) is 36.3 Å². The molecular formula is C21H33N3O2. The van der Waals surface area contributed by atoms with Crippen molar-refractivity contribution in [3.8, 4) is 0 Å². The van der Waals surface area contributed by atoms with Gasteiger partial charge < -0.3 is 15.5 Å². The highest BCUT2D eigenvalue weighted by molar-refractivity contribution is 5.78. The quantitative estimate of drug-likeness (QED) is 0.819. The summed E-state index contributed by atoms with van der Waals surface area (Å²) in [6.45, 7) is 10.3. The second kappa shape index (κ2) is 9.60. The van der Waals surface area contributed by atoms with E-state index in [-0.39, 0.29) is 23.9 Å². The standard InChI is InChI=1S/C21H33N3O2/c1-15(2)18-7-5-17(6-8-18)9-12-22-21(26)23-19-10-13-24(14-11-19)20(25)16(3)4/h5-8,15-16,19H,9-14H2,1-4H3,(H2,22,23,26). The Kier molecular flexibility index (Phi) is 7.49. The fourth-order valence-corrected chi connectivity index (χ4v) is 3.24. The number of benzene rings is 1. The molecule has 5 heteroatoms. The summed E-state index contributed by atoms with van der Waals surface area (Å²) < 4.78 is 0. The lowest BCUT2D eigenvalue weighted by Gasteiger charge is -2.33. The van der Waals surface area contributed by atoms with Gasteiger partial charge in [0.05, 0.1) is 0 Å². The number of amides is 3. The van der Waals surface area contributed by atoms with E-state index in [0.29, 0.717) is 12.5 Å². The number of hydrogen-bond acceptors (Lipinski definition) is 2. The Morgan fingerprint density at radius 1 is 1.08 bits per heavy atom. The van der Waals surface area contributed by atoms with E-state index in [9.17, 15) is 9.59 Å². The highest BCUT2D eigenvalue weighted by Crippen LogP contribution is 2.15. The third kappa shape index (κ3) is 6.04. The maximum absolute atomic E-state index is 12.1. The molecule has 0 aromatic heterocycles. The fourth-order valence-electron chi connectivity index (χ4n) is 3.24. The molecule has 144 valence electrons. The van der Waals surface area contributed by atoms with E-state index in [1.165, 1.54) is 11.1 Å². The predicted molar refractivity (Wildman–Crippen MR) is 105 cm³/mol. The summed E-state index contributed by atoms with van der Waals surface area (Å²) in [4.78, 5) is 26.0. The van der Waals surface area contributed by atoms with Gasteiger partial charge in [0, 0.05) is 31.6 Å². The Hall–Kier alpha value is -2.04. The number of hydrogen-bond donors (Lipinski definition) is 2. The van der Waals surface area contributed by atoms with Gasteiger partial charge in [0.25, 0.3) is 0 Å². The van der Waals surface area contributed by atoms with Crippen molar-refractivity contribution < 1.29 is 9.59 Å². The molecule has 5 nitrogen and oxygen atoms in total. The van der Waals surface area contributed by atoms with Crippen LogP contribution in [0.4, 0.5) is 4.79 Å². The van der Waals surface area contributed by atoms with Gasteiger partial charge in [-0.2, -0.15) is 0 Å². The number of rotatable bonds is 6. The second-order valence-corrected chi connectivity index (χ2v) is 7.80. The molecule has 0 bridgehead atoms. The van der Waals surface area contributed by atoms with Crippen LogP contribution in [0.25, 0.3) is 0 Å². The molecule has 0 aliphatic carbocycles. The normalized spacial score (nSPS) is 15.4. The number of likely N-dealkylation sites (tertiary alicyclic amines) is 1. The molecule has 0 spiro atoms. The first-order valence-electron chi connectivity index (χ1n) is 9.78. The van der Waals surface area contributed by atoms with Gasteiger partial charge in [-0.25, -0.2) is 4.79 Å². The maximum Gasteiger partial charge on any atom is 0.315 e. The van der Waals surface area contributed by atoms with Crippen LogP contribution in [0.3, 0.4) is 0 Å². The van der Waals surface area contributed by atoms with Crippen LogP contribution in [-0.2, 0) is 11.2 Å². The molecule has 2 N–H and O–H groups in total. The second-order valence-electron chi connectivity index (χ2n) is 7.80. The summed E-state index contributed by atoms with van der Waals surface area (Å²) in [6, 6.07) is 8.62. The van der Waals surface area contributed by atoms with Crippen LogP contribution in [0.2, 0.25) is 0 Å². The first kappa shape index (κ1) is 20.3. The predicted octanol–water partition coefficient (Wildman–Crippen LogP) is 3.30. The van der Waals surface area contributed by atoms with Crippen LogP contribution < -0.4 is 10.6 Å². The molecule has 2 rings (SSSR count). The first-order valence-corrected chi connectivity index (χ1v) is 9.78. The van der Waals surface area contributed by atoms with Crippen molar-refractivity contribution in [1.82, 2.24) is 15.5 Å². The molecule has 1 saturated heterocycles. The van der Waals surface area contributed by atoms with Gasteiger partial charge in [0.2, 0.25) is 5.91 Å². The molecule has 0 radical (unpaired) electrons. The molecule has 1 heterocycles. The molecule has 0 saturated carbocycles. The van der Waals surface area contributed by atoms with Crippen molar-refractivity contribution in [3.05, 3.63) is 35.4 Å². The maximum atomic E-state index is 12.1. The van der Waals surface area contributed by atoms with E-state index in [0.717, 1.165) is 32.4 Å². The van der Waals surface area contributed by atoms with Crippen LogP contribution in [0.1, 0.15) is 57.6 Å². The van der Waals surface area contributed by atoms with Crippen molar-refractivity contribution in [1.29, 1.82) is 0 Å². The zero-order valence-corrected chi connectivity index (χ0v) is 16.5. The highest BCUT2D eigenvalue weighted by atomic mass is 16.2. The molecule has 26 heavy (non-hydrogen) atoms. The summed E-state index contributed by atoms with van der Waals surface area (Å²) in [7, 11) is 0. The van der Waals surface area contributed by atoms with Crippen LogP contribution >= 0.6 is 0 Å². The molecule has 0 atom stereocenters. The smallest absolute Gasteiger partial charge is 0.315 e. The Morgan fingerprint density at radius 3 is 2.23 bits per heavy atom. The topological polar surface area (TPSA) is 61.4 Å². The Labute approximate surface area is 157 Å². The van der Waals surface area contributed by atoms with E-state index in [2.05, 4.69) is 48.7 Å². The minimum Gasteiger partial charge on any atom is -0.342 e. The van der Waals surface area contributed by atoms with E-state index in [4.69, 9.17) is 0 Å². The van der Waals surface area contributed by atoms with Crippen LogP contribution in [-0.4, -0.2) is 42.5 Å². The van der Waals surface area contributed by atoms with Crippen LogP contribution in [0, 0.1) is 5.92 Å². The van der Waals surface area contributed by atoms with E-state index < -0.39 is 0 Å². The zero-order valence-electron chi connectivity index (χ0n) is 16.5. The minimum absolute atomic E-state index is 0.0393. The van der Waals surface area contributed by atoms with Gasteiger partial charge in [-0.3, -0.25) is 4.79 Å². The summed E-state index contributed by atoms with van der Waals surface area (Å²) >= 11 is 0. The molecule has 1 fully saturated rings. The largest absolute Gasteiger partial charge is 0.342 e. The average molecular weight is 360 g/mol. The van der Waals surface area contributed by atoms with E-state index in [1.807, 2.05) is 18.7 Å². The zero-order chi connectivity index (χ0) is 19.1. The number of carbonyl (C=O) groups is 2. The molecule has 1 aliphatic heterocycles. The highest BCUT2D eigenvalue weighted by Gasteiger charge is 2.24. The van der Waals surface area contributed by atoms with Crippen molar-refractivity contribution in [2.45, 2.75) is 58.9 Å². The Bertz CT molecular complexity index is 588. The minimum atomic E-state index is -0.113. The average Bonchev–Trinajstić information content (AvgIpc) is 2.62. The lowest BCUT2D eigenvalue weighted by Crippen LogP contribution is -2.50. The third-order valence-electron chi connectivity index (χ3n) is 4.98. The summed E-state index contributed by atoms with van der Waals surface area (Å²) in [5.41, 5.74) is 2.57. The van der Waals surface area contributed by atoms with Gasteiger partial charge >= 0.3 is 6.03 Å². The number of nitrogens with one attached hydrogen (secondary N) is 2. The molecule has 0 unspecified atom stereocenters. The lowest BCUT2D eigenvalue weighted by molar-refractivity contribution is -0.135. The molecule has 1 aliphatic rings. The molecular weight excluding hydrogens is 326 g/mol. The van der Waals surface area contributed by atoms with Crippen LogP contribution in [0.15, 0.2) is 24.3 Å². The monoisotopic (exact) mass is 359 g/mol. The van der Waals surface area contributed by atoms with Crippen molar-refractivity contribution >= 4 is 11.9 Å². The number of piperidine rings is 1. The first-order chi connectivity index (χ1) is 12.4. The van der Waals surface area contributed by atoms with E-state index >= 15 is 0 Å². The molecule has 3 amide bonds. The molecule has 1 aromatic rings. The van der Waals surface area contributed by atoms with Crippen molar-refractivity contribution in [2.75, 3.05) is 19.6 Å². The SMILES string of the molecule is CC(C)C(=O)N1CCC(NC(=O)NCCc2ccc(C(C)C)cc2)CC1. The van der Waals surface area contributed by atoms with E-state index in [1.54, 1.807) is 0 Å². The number of nitrogens with zero attached hydrogens (tertiary/aromatic N) is 1. The summed E-state index contributed by atoms with van der Waals surface area (Å²) in [5, 5.41) is 5.97. The van der Waals surface area contributed by atoms with Gasteiger partial charge in [-0.1, -0.05) is 52.0 Å². The summed E-state index contributed by atoms with van der Waals surface area (Å²) in [6.07, 6.45) is 2.47. The van der Waals surface area contributed by atoms with Gasteiger partial charge in [0.15, 0.2) is 0 Å². The van der Waals surface area contributed by atoms with Gasteiger partial charge in [-0.15, -0.1) is 0 Å². The lowest BCUT2D eigenvalue weighted by atomic mass is 10.0. The Balaban J connectivity index is 1.66. The van der Waals surface area contributed by atoms with Crippen molar-refractivity contribution in [3.63, 3.8) is 0 Å². The number of carbonyl (C=O) groups excluding carboxylic acids is 2. The molecule has 1 aromatic carbocycles. The fraction of sp³-hybridized carbons (Fsp3) is 0.619. The van der Waals surface area contributed by atoms with Crippen LogP contribution in [0.5, 0.6) is 0 Å². The third-order valence-corrected chi connectivity index (χ3v) is 4.98. The number of urea groups is 1.